The Kier molecular flexibility index (Phi) is 4.83. The van der Waals surface area contributed by atoms with Crippen molar-refractivity contribution in [2.45, 2.75) is 0 Å². The molecule has 1 aliphatic rings. The van der Waals surface area contributed by atoms with Gasteiger partial charge in [0.2, 0.25) is 0 Å². The Morgan fingerprint density at radius 1 is 0.462 bits per heavy atom. The van der Waals surface area contributed by atoms with Crippen molar-refractivity contribution >= 4 is 44.9 Å². The van der Waals surface area contributed by atoms with Crippen molar-refractivity contribution in [2.75, 3.05) is 0 Å². The first kappa shape index (κ1) is 22.3. The van der Waals surface area contributed by atoms with Gasteiger partial charge in [-0.25, -0.2) is 0 Å². The SMILES string of the molecule is O=P1(c2ccccc2)c2ccccc2-c2cc3c(cc21)c1ccccc1n3-c1ccc(-c2ccccc2)cc1. The van der Waals surface area contributed by atoms with Gasteiger partial charge in [-0.3, -0.25) is 0 Å². The number of aromatic nitrogens is 1. The molecule has 7 aromatic rings. The van der Waals surface area contributed by atoms with Crippen LogP contribution in [0.4, 0.5) is 0 Å². The predicted molar refractivity (Wildman–Crippen MR) is 165 cm³/mol. The summed E-state index contributed by atoms with van der Waals surface area (Å²) in [6, 6.07) is 50.4. The average molecular weight is 518 g/mol. The Labute approximate surface area is 227 Å². The number of rotatable bonds is 3. The molecule has 1 unspecified atom stereocenters. The zero-order valence-electron chi connectivity index (χ0n) is 21.2. The molecule has 0 fully saturated rings. The largest absolute Gasteiger partial charge is 0.309 e. The first-order valence-corrected chi connectivity index (χ1v) is 14.9. The van der Waals surface area contributed by atoms with E-state index in [2.05, 4.69) is 95.6 Å². The topological polar surface area (TPSA) is 22.0 Å². The van der Waals surface area contributed by atoms with Crippen molar-refractivity contribution in [2.24, 2.45) is 0 Å². The third kappa shape index (κ3) is 3.19. The third-order valence-corrected chi connectivity index (χ3v) is 11.2. The second kappa shape index (κ2) is 8.43. The molecular formula is C36H24NOP. The number of para-hydroxylation sites is 1. The summed E-state index contributed by atoms with van der Waals surface area (Å²) in [5, 5.41) is 5.04. The Bertz CT molecular complexity index is 2070. The van der Waals surface area contributed by atoms with Crippen molar-refractivity contribution in [3.05, 3.63) is 146 Å². The Morgan fingerprint density at radius 3 is 1.90 bits per heavy atom. The normalized spacial score (nSPS) is 15.9. The van der Waals surface area contributed by atoms with E-state index in [0.29, 0.717) is 0 Å². The molecule has 0 N–H and O–H groups in total. The zero-order valence-corrected chi connectivity index (χ0v) is 22.1. The van der Waals surface area contributed by atoms with Crippen LogP contribution in [0.1, 0.15) is 0 Å². The molecule has 184 valence electrons. The van der Waals surface area contributed by atoms with Gasteiger partial charge in [0.25, 0.3) is 0 Å². The minimum Gasteiger partial charge on any atom is -0.309 e. The maximum absolute atomic E-state index is 15.1. The molecule has 0 saturated carbocycles. The zero-order chi connectivity index (χ0) is 26.0. The highest BCUT2D eigenvalue weighted by Crippen LogP contribution is 2.53. The van der Waals surface area contributed by atoms with Crippen molar-refractivity contribution in [3.8, 4) is 27.9 Å². The molecular weight excluding hydrogens is 493 g/mol. The Hall–Kier alpha value is -4.65. The molecule has 2 nitrogen and oxygen atoms in total. The maximum Gasteiger partial charge on any atom is 0.172 e. The van der Waals surface area contributed by atoms with Crippen LogP contribution >= 0.6 is 7.14 Å². The molecule has 1 atom stereocenters. The van der Waals surface area contributed by atoms with E-state index in [1.54, 1.807) is 0 Å². The van der Waals surface area contributed by atoms with E-state index in [0.717, 1.165) is 54.5 Å². The molecule has 2 heterocycles. The van der Waals surface area contributed by atoms with E-state index in [1.165, 1.54) is 11.1 Å². The number of hydrogen-bond acceptors (Lipinski definition) is 1. The van der Waals surface area contributed by atoms with E-state index in [1.807, 2.05) is 54.6 Å². The van der Waals surface area contributed by atoms with Crippen LogP contribution in [0, 0.1) is 0 Å². The number of hydrogen-bond donors (Lipinski definition) is 0. The Morgan fingerprint density at radius 2 is 1.10 bits per heavy atom. The minimum absolute atomic E-state index is 0.885. The highest BCUT2D eigenvalue weighted by molar-refractivity contribution is 7.86. The van der Waals surface area contributed by atoms with Crippen molar-refractivity contribution < 1.29 is 4.57 Å². The fourth-order valence-corrected chi connectivity index (χ4v) is 9.29. The van der Waals surface area contributed by atoms with E-state index in [-0.39, 0.29) is 0 Å². The van der Waals surface area contributed by atoms with Gasteiger partial charge < -0.3 is 9.13 Å². The van der Waals surface area contributed by atoms with Crippen molar-refractivity contribution in [3.63, 3.8) is 0 Å². The molecule has 0 amide bonds. The van der Waals surface area contributed by atoms with Gasteiger partial charge in [-0.1, -0.05) is 115 Å². The van der Waals surface area contributed by atoms with Crippen molar-refractivity contribution in [1.82, 2.24) is 4.57 Å². The van der Waals surface area contributed by atoms with Gasteiger partial charge >= 0.3 is 0 Å². The van der Waals surface area contributed by atoms with Gasteiger partial charge in [-0.2, -0.15) is 0 Å². The lowest BCUT2D eigenvalue weighted by Gasteiger charge is -2.16. The molecule has 1 aromatic heterocycles. The summed E-state index contributed by atoms with van der Waals surface area (Å²) in [6.07, 6.45) is 0. The van der Waals surface area contributed by atoms with E-state index < -0.39 is 7.14 Å². The molecule has 6 aromatic carbocycles. The van der Waals surface area contributed by atoms with Crippen LogP contribution in [0.3, 0.4) is 0 Å². The van der Waals surface area contributed by atoms with Gasteiger partial charge in [-0.15, -0.1) is 0 Å². The summed E-state index contributed by atoms with van der Waals surface area (Å²) in [6.45, 7) is 0. The van der Waals surface area contributed by atoms with Crippen LogP contribution < -0.4 is 15.9 Å². The maximum atomic E-state index is 15.1. The summed E-state index contributed by atoms with van der Waals surface area (Å²) in [5.74, 6) is 0. The lowest BCUT2D eigenvalue weighted by atomic mass is 10.0. The molecule has 0 bridgehead atoms. The standard InChI is InChI=1S/C36H24NOP/c38-39(28-13-5-2-6-14-28)35-18-10-8-16-30(35)32-23-34-31(24-36(32)39)29-15-7-9-17-33(29)37(34)27-21-19-26(20-22-27)25-11-3-1-4-12-25/h1-24H. The number of nitrogens with zero attached hydrogens (tertiary/aromatic N) is 1. The van der Waals surface area contributed by atoms with Gasteiger partial charge in [0, 0.05) is 32.4 Å². The fourth-order valence-electron chi connectivity index (χ4n) is 6.21. The first-order valence-electron chi connectivity index (χ1n) is 13.2. The predicted octanol–water partition coefficient (Wildman–Crippen LogP) is 8.07. The van der Waals surface area contributed by atoms with E-state index >= 15 is 4.57 Å². The van der Waals surface area contributed by atoms with Gasteiger partial charge in [0.1, 0.15) is 0 Å². The minimum atomic E-state index is -3.00. The van der Waals surface area contributed by atoms with Crippen LogP contribution in [0.25, 0.3) is 49.7 Å². The molecule has 3 heteroatoms. The lowest BCUT2D eigenvalue weighted by Crippen LogP contribution is -2.20. The summed E-state index contributed by atoms with van der Waals surface area (Å²) in [7, 11) is -3.00. The molecule has 0 radical (unpaired) electrons. The molecule has 8 rings (SSSR count). The second-order valence-corrected chi connectivity index (χ2v) is 12.8. The summed E-state index contributed by atoms with van der Waals surface area (Å²) >= 11 is 0. The smallest absolute Gasteiger partial charge is 0.172 e. The van der Waals surface area contributed by atoms with Crippen molar-refractivity contribution in [1.29, 1.82) is 0 Å². The highest BCUT2D eigenvalue weighted by Gasteiger charge is 2.40. The fraction of sp³-hybridized carbons (Fsp3) is 0. The van der Waals surface area contributed by atoms with Crippen LogP contribution in [0.15, 0.2) is 146 Å². The van der Waals surface area contributed by atoms with Crippen LogP contribution in [0.2, 0.25) is 0 Å². The van der Waals surface area contributed by atoms with Crippen LogP contribution in [-0.2, 0) is 4.57 Å². The number of fused-ring (bicyclic) bond motifs is 6. The summed E-state index contributed by atoms with van der Waals surface area (Å²) in [4.78, 5) is 0. The van der Waals surface area contributed by atoms with Crippen LogP contribution in [-0.4, -0.2) is 4.57 Å². The molecule has 0 saturated heterocycles. The van der Waals surface area contributed by atoms with E-state index in [4.69, 9.17) is 0 Å². The van der Waals surface area contributed by atoms with Gasteiger partial charge in [0.15, 0.2) is 7.14 Å². The lowest BCUT2D eigenvalue weighted by molar-refractivity contribution is 0.593. The van der Waals surface area contributed by atoms with Gasteiger partial charge in [0.05, 0.1) is 11.0 Å². The summed E-state index contributed by atoms with van der Waals surface area (Å²) < 4.78 is 17.4. The molecule has 0 aliphatic carbocycles. The first-order chi connectivity index (χ1) is 19.2. The second-order valence-electron chi connectivity index (χ2n) is 10.1. The summed E-state index contributed by atoms with van der Waals surface area (Å²) in [5.41, 5.74) is 7.91. The van der Waals surface area contributed by atoms with Crippen LogP contribution in [0.5, 0.6) is 0 Å². The van der Waals surface area contributed by atoms with E-state index in [9.17, 15) is 0 Å². The molecule has 39 heavy (non-hydrogen) atoms. The average Bonchev–Trinajstić information content (AvgIpc) is 3.47. The van der Waals surface area contributed by atoms with Gasteiger partial charge in [-0.05, 0) is 52.6 Å². The monoisotopic (exact) mass is 517 g/mol. The molecule has 0 spiro atoms. The third-order valence-electron chi connectivity index (χ3n) is 8.02. The Balaban J connectivity index is 1.41. The highest BCUT2D eigenvalue weighted by atomic mass is 31.2. The number of benzene rings is 6. The molecule has 1 aliphatic heterocycles. The quantitative estimate of drug-likeness (QED) is 0.217.